The van der Waals surface area contributed by atoms with Crippen molar-refractivity contribution < 1.29 is 48.7 Å². The quantitative estimate of drug-likeness (QED) is 0.0953. The zero-order chi connectivity index (χ0) is 38.6. The summed E-state index contributed by atoms with van der Waals surface area (Å²) in [6.45, 7) is 0.409. The summed E-state index contributed by atoms with van der Waals surface area (Å²) in [5, 5.41) is 32.7. The van der Waals surface area contributed by atoms with Gasteiger partial charge in [-0.25, -0.2) is 14.4 Å². The number of carbonyl (C=O) groups is 3. The number of carboxylic acid groups (broad SMARTS) is 2. The molecule has 0 unspecified atom stereocenters. The highest BCUT2D eigenvalue weighted by Crippen LogP contribution is 2.47. The van der Waals surface area contributed by atoms with Gasteiger partial charge in [-0.2, -0.15) is 0 Å². The highest BCUT2D eigenvalue weighted by Gasteiger charge is 2.49. The van der Waals surface area contributed by atoms with Gasteiger partial charge in [0.25, 0.3) is 0 Å². The minimum Gasteiger partial charge on any atom is -0.478 e. The van der Waals surface area contributed by atoms with Crippen molar-refractivity contribution in [2.24, 2.45) is 0 Å². The molecule has 55 heavy (non-hydrogen) atoms. The molecule has 1 aliphatic heterocycles. The number of amides is 1. The monoisotopic (exact) mass is 745 g/mol. The van der Waals surface area contributed by atoms with Crippen molar-refractivity contribution in [1.29, 1.82) is 0 Å². The molecule has 0 saturated carbocycles. The third-order valence-corrected chi connectivity index (χ3v) is 9.56. The smallest absolute Gasteiger partial charge is 0.410 e. The maximum absolute atomic E-state index is 13.5. The highest BCUT2D eigenvalue weighted by atomic mass is 16.7. The lowest BCUT2D eigenvalue weighted by atomic mass is 9.72. The predicted molar refractivity (Wildman–Crippen MR) is 202 cm³/mol. The Bertz CT molecular complexity index is 2010. The van der Waals surface area contributed by atoms with Crippen LogP contribution in [0.2, 0.25) is 0 Å². The van der Waals surface area contributed by atoms with Gasteiger partial charge in [0.15, 0.2) is 6.29 Å². The average Bonchev–Trinajstić information content (AvgIpc) is 3.21. The van der Waals surface area contributed by atoms with Gasteiger partial charge in [-0.05, 0) is 39.9 Å². The Morgan fingerprint density at radius 1 is 0.618 bits per heavy atom. The van der Waals surface area contributed by atoms with Crippen molar-refractivity contribution in [2.45, 2.75) is 50.1 Å². The van der Waals surface area contributed by atoms with Crippen LogP contribution < -0.4 is 0 Å². The van der Waals surface area contributed by atoms with Crippen LogP contribution in [0.15, 0.2) is 140 Å². The molecule has 11 nitrogen and oxygen atoms in total. The molecule has 1 amide bonds. The van der Waals surface area contributed by atoms with E-state index < -0.39 is 48.4 Å². The summed E-state index contributed by atoms with van der Waals surface area (Å²) < 4.78 is 24.7. The molecule has 3 N–H and O–H groups in total. The number of hydrogen-bond donors (Lipinski definition) is 3. The van der Waals surface area contributed by atoms with E-state index in [1.54, 1.807) is 36.4 Å². The van der Waals surface area contributed by atoms with Crippen molar-refractivity contribution in [3.8, 4) is 0 Å². The summed E-state index contributed by atoms with van der Waals surface area (Å²) in [6.07, 6.45) is -4.12. The van der Waals surface area contributed by atoms with Crippen molar-refractivity contribution in [3.05, 3.63) is 178 Å². The van der Waals surface area contributed by atoms with Crippen LogP contribution >= 0.6 is 0 Å². The van der Waals surface area contributed by atoms with Crippen molar-refractivity contribution in [1.82, 2.24) is 4.90 Å². The molecule has 0 spiro atoms. The van der Waals surface area contributed by atoms with E-state index in [1.165, 1.54) is 17.0 Å². The Morgan fingerprint density at radius 2 is 1.11 bits per heavy atom. The molecule has 1 aliphatic rings. The molecule has 1 saturated heterocycles. The largest absolute Gasteiger partial charge is 0.478 e. The van der Waals surface area contributed by atoms with Gasteiger partial charge in [0.05, 0.1) is 37.1 Å². The number of rotatable bonds is 16. The first-order chi connectivity index (χ1) is 26.8. The average molecular weight is 746 g/mol. The second kappa shape index (κ2) is 19.0. The van der Waals surface area contributed by atoms with E-state index in [4.69, 9.17) is 18.9 Å². The van der Waals surface area contributed by atoms with Crippen molar-refractivity contribution >= 4 is 18.0 Å². The number of carboxylic acids is 2. The lowest BCUT2D eigenvalue weighted by molar-refractivity contribution is -0.250. The Morgan fingerprint density at radius 3 is 1.67 bits per heavy atom. The van der Waals surface area contributed by atoms with Crippen molar-refractivity contribution in [3.63, 3.8) is 0 Å². The van der Waals surface area contributed by atoms with Gasteiger partial charge in [-0.15, -0.1) is 0 Å². The molecule has 5 aromatic rings. The van der Waals surface area contributed by atoms with Crippen molar-refractivity contribution in [2.75, 3.05) is 19.8 Å². The van der Waals surface area contributed by atoms with E-state index in [-0.39, 0.29) is 61.8 Å². The SMILES string of the molecule is O=C(O)c1ccccc1[C@@H]1[C@H](OCCN(Cc2ccccc2)C(=O)OCc2ccccc2)O[C@H](COCc2ccccc2)[C@H](O)[C@@H]1c1ccccc1C(=O)O. The number of aliphatic hydroxyl groups is 1. The number of carbonyl (C=O) groups excluding carboxylic acids is 1. The summed E-state index contributed by atoms with van der Waals surface area (Å²) in [4.78, 5) is 40.2. The van der Waals surface area contributed by atoms with Gasteiger partial charge in [-0.3, -0.25) is 0 Å². The van der Waals surface area contributed by atoms with Crippen LogP contribution in [0, 0.1) is 0 Å². The first-order valence-corrected chi connectivity index (χ1v) is 18.0. The highest BCUT2D eigenvalue weighted by molar-refractivity contribution is 5.91. The Kier molecular flexibility index (Phi) is 13.4. The van der Waals surface area contributed by atoms with Crippen LogP contribution in [-0.2, 0) is 38.7 Å². The Labute approximate surface area is 319 Å². The summed E-state index contributed by atoms with van der Waals surface area (Å²) in [6, 6.07) is 40.9. The van der Waals surface area contributed by atoms with Gasteiger partial charge < -0.3 is 39.2 Å². The van der Waals surface area contributed by atoms with E-state index in [0.717, 1.165) is 16.7 Å². The number of aromatic carboxylic acids is 2. The maximum atomic E-state index is 13.5. The normalized spacial score (nSPS) is 19.3. The van der Waals surface area contributed by atoms with Gasteiger partial charge >= 0.3 is 18.0 Å². The lowest BCUT2D eigenvalue weighted by Gasteiger charge is -2.46. The molecule has 284 valence electrons. The van der Waals surface area contributed by atoms with Crippen LogP contribution in [0.25, 0.3) is 0 Å². The van der Waals surface area contributed by atoms with Crippen LogP contribution in [0.4, 0.5) is 4.79 Å². The van der Waals surface area contributed by atoms with Crippen LogP contribution in [0.1, 0.15) is 60.4 Å². The molecule has 1 heterocycles. The predicted octanol–water partition coefficient (Wildman–Crippen LogP) is 7.11. The summed E-state index contributed by atoms with van der Waals surface area (Å²) in [5.74, 6) is -4.42. The molecule has 0 aliphatic carbocycles. The second-order valence-corrected chi connectivity index (χ2v) is 13.2. The molecule has 0 radical (unpaired) electrons. The van der Waals surface area contributed by atoms with E-state index in [2.05, 4.69) is 0 Å². The first kappa shape index (κ1) is 38.9. The summed E-state index contributed by atoms with van der Waals surface area (Å²) >= 11 is 0. The van der Waals surface area contributed by atoms with E-state index in [0.29, 0.717) is 0 Å². The van der Waals surface area contributed by atoms with Gasteiger partial charge in [0.1, 0.15) is 12.7 Å². The third-order valence-electron chi connectivity index (χ3n) is 9.56. The molecular weight excluding hydrogens is 702 g/mol. The van der Waals surface area contributed by atoms with E-state index in [1.807, 2.05) is 91.0 Å². The topological polar surface area (TPSA) is 152 Å². The Hall–Kier alpha value is -5.85. The molecule has 6 rings (SSSR count). The first-order valence-electron chi connectivity index (χ1n) is 18.0. The molecule has 5 atom stereocenters. The number of hydrogen-bond acceptors (Lipinski definition) is 8. The molecule has 5 aromatic carbocycles. The van der Waals surface area contributed by atoms with Crippen LogP contribution in [0.5, 0.6) is 0 Å². The molecular formula is C44H43NO10. The number of benzene rings is 5. The molecule has 0 bridgehead atoms. The molecule has 11 heteroatoms. The fourth-order valence-electron chi connectivity index (χ4n) is 6.91. The third kappa shape index (κ3) is 10.0. The zero-order valence-electron chi connectivity index (χ0n) is 30.1. The van der Waals surface area contributed by atoms with Gasteiger partial charge in [0, 0.05) is 24.9 Å². The molecule has 1 fully saturated rings. The minimum atomic E-state index is -1.34. The maximum Gasteiger partial charge on any atom is 0.410 e. The summed E-state index contributed by atoms with van der Waals surface area (Å²) in [7, 11) is 0. The number of aliphatic hydroxyl groups excluding tert-OH is 1. The van der Waals surface area contributed by atoms with Crippen LogP contribution in [-0.4, -0.2) is 76.5 Å². The Balaban J connectivity index is 1.32. The number of ether oxygens (including phenoxy) is 4. The lowest BCUT2D eigenvalue weighted by Crippen LogP contribution is -2.52. The van der Waals surface area contributed by atoms with E-state index >= 15 is 0 Å². The second-order valence-electron chi connectivity index (χ2n) is 13.2. The zero-order valence-corrected chi connectivity index (χ0v) is 30.1. The van der Waals surface area contributed by atoms with Gasteiger partial charge in [0.2, 0.25) is 0 Å². The summed E-state index contributed by atoms with van der Waals surface area (Å²) in [5.41, 5.74) is 3.07. The number of nitrogens with zero attached hydrogens (tertiary/aromatic N) is 1. The van der Waals surface area contributed by atoms with Gasteiger partial charge in [-0.1, -0.05) is 127 Å². The fraction of sp³-hybridized carbons (Fsp3) is 0.250. The minimum absolute atomic E-state index is 0.0517. The fourth-order valence-corrected chi connectivity index (χ4v) is 6.91. The van der Waals surface area contributed by atoms with E-state index in [9.17, 15) is 29.7 Å². The molecule has 0 aromatic heterocycles. The van der Waals surface area contributed by atoms with Crippen LogP contribution in [0.3, 0.4) is 0 Å². The standard InChI is InChI=1S/C44H43NO10/c46-40-37(29-52-27-31-16-6-2-7-17-31)55-43(39(34-21-11-13-23-36(34)42(49)50)38(40)33-20-10-12-22-35(33)41(47)48)53-25-24-45(26-30-14-4-1-5-15-30)44(51)54-28-32-18-8-3-9-19-32/h1-23,37-40,43,46H,24-29H2,(H,47,48)(H,49,50)/t37-,38-,39+,40+,43-/m1/s1.